The van der Waals surface area contributed by atoms with E-state index in [4.69, 9.17) is 9.47 Å². The van der Waals surface area contributed by atoms with E-state index in [1.807, 2.05) is 84.9 Å². The predicted molar refractivity (Wildman–Crippen MR) is 249 cm³/mol. The van der Waals surface area contributed by atoms with Gasteiger partial charge in [-0.3, -0.25) is 24.0 Å². The van der Waals surface area contributed by atoms with E-state index < -0.39 is 47.3 Å². The van der Waals surface area contributed by atoms with Crippen LogP contribution in [0.4, 0.5) is 10.5 Å². The fraction of sp³-hybridized carbons (Fsp3) is 0.385. The first-order chi connectivity index (χ1) is 30.9. The Morgan fingerprint density at radius 2 is 1.29 bits per heavy atom. The topological polar surface area (TPSA) is 167 Å². The van der Waals surface area contributed by atoms with Crippen LogP contribution in [-0.4, -0.2) is 86.7 Å². The summed E-state index contributed by atoms with van der Waals surface area (Å²) in [6.07, 6.45) is 1.67. The van der Waals surface area contributed by atoms with Gasteiger partial charge in [-0.05, 0) is 120 Å². The van der Waals surface area contributed by atoms with Crippen molar-refractivity contribution in [3.05, 3.63) is 126 Å². The summed E-state index contributed by atoms with van der Waals surface area (Å²) >= 11 is 0. The number of anilines is 1. The van der Waals surface area contributed by atoms with Crippen LogP contribution in [0.15, 0.2) is 109 Å². The number of H-pyrrole nitrogens is 1. The van der Waals surface area contributed by atoms with Crippen molar-refractivity contribution in [1.82, 2.24) is 20.1 Å². The Bertz CT molecular complexity index is 2520. The molecule has 4 aromatic carbocycles. The normalized spacial score (nSPS) is 17.3. The highest BCUT2D eigenvalue weighted by molar-refractivity contribution is 5.99. The zero-order chi connectivity index (χ0) is 46.5. The summed E-state index contributed by atoms with van der Waals surface area (Å²) in [5, 5.41) is 6.66. The molecule has 3 N–H and O–H groups in total. The predicted octanol–water partition coefficient (Wildman–Crippen LogP) is 8.65. The molecule has 2 fully saturated rings. The first-order valence-electron chi connectivity index (χ1n) is 22.4. The van der Waals surface area contributed by atoms with Crippen molar-refractivity contribution in [2.45, 2.75) is 115 Å². The molecule has 0 bridgehead atoms. The number of benzene rings is 4. The Hall–Kier alpha value is -6.76. The Morgan fingerprint density at radius 1 is 0.692 bits per heavy atom. The number of aromatic amines is 1. The van der Waals surface area contributed by atoms with Gasteiger partial charge in [0.05, 0.1) is 18.4 Å². The van der Waals surface area contributed by atoms with Crippen LogP contribution in [0.5, 0.6) is 0 Å². The Labute approximate surface area is 380 Å². The van der Waals surface area contributed by atoms with E-state index in [9.17, 15) is 28.8 Å². The van der Waals surface area contributed by atoms with E-state index in [1.54, 1.807) is 75.6 Å². The average Bonchev–Trinajstić information content (AvgIpc) is 4.05. The summed E-state index contributed by atoms with van der Waals surface area (Å²) in [5.41, 5.74) is 3.87. The van der Waals surface area contributed by atoms with E-state index in [2.05, 4.69) is 15.6 Å². The molecule has 340 valence electrons. The number of nitrogens with zero attached hydrogens (tertiary/aromatic N) is 2. The van der Waals surface area contributed by atoms with E-state index in [0.717, 1.165) is 27.7 Å². The minimum Gasteiger partial charge on any atom is -0.460 e. The summed E-state index contributed by atoms with van der Waals surface area (Å²) < 4.78 is 11.0. The number of hydrogen-bond acceptors (Lipinski definition) is 8. The highest BCUT2D eigenvalue weighted by Crippen LogP contribution is 2.32. The molecule has 1 aromatic heterocycles. The third kappa shape index (κ3) is 11.7. The number of Topliss-reactive ketones (excluding diaryl/α,β-unsaturated/α-hetero) is 1. The van der Waals surface area contributed by atoms with Gasteiger partial charge in [0.2, 0.25) is 11.8 Å². The summed E-state index contributed by atoms with van der Waals surface area (Å²) in [7, 11) is 0. The van der Waals surface area contributed by atoms with Gasteiger partial charge < -0.3 is 34.9 Å². The summed E-state index contributed by atoms with van der Waals surface area (Å²) in [6.45, 7) is 11.4. The third-order valence-corrected chi connectivity index (χ3v) is 11.6. The molecule has 3 heterocycles. The number of carbonyl (C=O) groups excluding carboxylic acids is 6. The summed E-state index contributed by atoms with van der Waals surface area (Å²) in [5.74, 6) is -2.26. The molecular formula is C52H59N5O8. The molecule has 2 aliphatic heterocycles. The van der Waals surface area contributed by atoms with Crippen molar-refractivity contribution in [3.63, 3.8) is 0 Å². The van der Waals surface area contributed by atoms with Crippen molar-refractivity contribution in [3.8, 4) is 11.3 Å². The quantitative estimate of drug-likeness (QED) is 0.0989. The number of aromatic nitrogens is 1. The number of hydrogen-bond donors (Lipinski definition) is 3. The largest absolute Gasteiger partial charge is 0.460 e. The van der Waals surface area contributed by atoms with Gasteiger partial charge in [0.1, 0.15) is 23.3 Å². The SMILES string of the molecule is CC(C)(C)OC(=O)C[C@@H](C(=O)N1CCC[C@H]1C(=O)Nc1ccc(-c2cc3cc(CC(=O)[C@@H]4CCCN4C(=O)[C@H](NC(=O)OC(C)(C)C)c4ccccc4)ccc3[nH]2)cc1)c1ccccc1. The number of nitrogens with one attached hydrogen (secondary N) is 3. The van der Waals surface area contributed by atoms with Gasteiger partial charge in [0, 0.05) is 41.8 Å². The molecule has 5 aromatic rings. The number of alkyl carbamates (subject to hydrolysis) is 1. The first kappa shape index (κ1) is 46.2. The lowest BCUT2D eigenvalue weighted by molar-refractivity contribution is -0.157. The van der Waals surface area contributed by atoms with Crippen LogP contribution in [0, 0.1) is 0 Å². The molecule has 7 rings (SSSR count). The molecule has 0 aliphatic carbocycles. The highest BCUT2D eigenvalue weighted by atomic mass is 16.6. The summed E-state index contributed by atoms with van der Waals surface area (Å²) in [6, 6.07) is 31.1. The number of esters is 1. The standard InChI is InChI=1S/C52H59N5O8/c1-51(2,3)64-45(59)32-39(34-15-9-7-10-16-34)48(61)57-28-14-20-43(57)47(60)53-38-24-22-35(23-25-38)41-31-37-29-33(21-26-40(37)54-41)30-44(58)42-19-13-27-56(42)49(62)46(36-17-11-8-12-18-36)55-50(63)65-52(4,5)6/h7-12,15-18,21-26,29,31,39,42-43,46,54H,13-14,19-20,27-28,30,32H2,1-6H3,(H,53,60)(H,55,63)/t39-,42+,43+,46-/m1/s1. The summed E-state index contributed by atoms with van der Waals surface area (Å²) in [4.78, 5) is 88.2. The van der Waals surface area contributed by atoms with Crippen LogP contribution in [0.1, 0.15) is 102 Å². The minimum absolute atomic E-state index is 0.0745. The number of carbonyl (C=O) groups is 6. The fourth-order valence-corrected chi connectivity index (χ4v) is 8.70. The monoisotopic (exact) mass is 881 g/mol. The zero-order valence-corrected chi connectivity index (χ0v) is 38.0. The Balaban J connectivity index is 0.988. The highest BCUT2D eigenvalue weighted by Gasteiger charge is 2.40. The van der Waals surface area contributed by atoms with Gasteiger partial charge in [0.15, 0.2) is 5.78 Å². The van der Waals surface area contributed by atoms with Crippen LogP contribution in [0.2, 0.25) is 0 Å². The van der Waals surface area contributed by atoms with Crippen LogP contribution in [0.3, 0.4) is 0 Å². The van der Waals surface area contributed by atoms with Gasteiger partial charge in [-0.2, -0.15) is 0 Å². The second-order valence-corrected chi connectivity index (χ2v) is 18.9. The molecule has 4 amide bonds. The van der Waals surface area contributed by atoms with Crippen LogP contribution in [-0.2, 0) is 39.9 Å². The van der Waals surface area contributed by atoms with Gasteiger partial charge in [-0.25, -0.2) is 4.79 Å². The maximum absolute atomic E-state index is 14.1. The molecule has 2 saturated heterocycles. The van der Waals surface area contributed by atoms with Crippen molar-refractivity contribution in [2.24, 2.45) is 0 Å². The Morgan fingerprint density at radius 3 is 1.92 bits per heavy atom. The lowest BCUT2D eigenvalue weighted by Crippen LogP contribution is -2.48. The maximum atomic E-state index is 14.1. The molecular weight excluding hydrogens is 823 g/mol. The molecule has 0 radical (unpaired) electrons. The number of fused-ring (bicyclic) bond motifs is 1. The lowest BCUT2D eigenvalue weighted by atomic mass is 9.93. The lowest BCUT2D eigenvalue weighted by Gasteiger charge is -2.29. The molecule has 13 nitrogen and oxygen atoms in total. The van der Waals surface area contributed by atoms with E-state index >= 15 is 0 Å². The van der Waals surface area contributed by atoms with Gasteiger partial charge in [-0.1, -0.05) is 78.9 Å². The molecule has 2 aliphatic rings. The maximum Gasteiger partial charge on any atom is 0.408 e. The van der Waals surface area contributed by atoms with Gasteiger partial charge in [0.25, 0.3) is 5.91 Å². The minimum atomic E-state index is -1.01. The fourth-order valence-electron chi connectivity index (χ4n) is 8.70. The molecule has 65 heavy (non-hydrogen) atoms. The van der Waals surface area contributed by atoms with Crippen LogP contribution in [0.25, 0.3) is 22.2 Å². The molecule has 4 atom stereocenters. The first-order valence-corrected chi connectivity index (χ1v) is 22.4. The second kappa shape index (κ2) is 19.5. The van der Waals surface area contributed by atoms with Crippen molar-refractivity contribution < 1.29 is 38.2 Å². The average molecular weight is 882 g/mol. The van der Waals surface area contributed by atoms with Crippen LogP contribution >= 0.6 is 0 Å². The smallest absolute Gasteiger partial charge is 0.408 e. The molecule has 0 saturated carbocycles. The number of ketones is 1. The van der Waals surface area contributed by atoms with Crippen LogP contribution < -0.4 is 10.6 Å². The van der Waals surface area contributed by atoms with E-state index in [0.29, 0.717) is 55.6 Å². The molecule has 0 unspecified atom stereocenters. The van der Waals surface area contributed by atoms with Crippen molar-refractivity contribution in [2.75, 3.05) is 18.4 Å². The van der Waals surface area contributed by atoms with Crippen molar-refractivity contribution in [1.29, 1.82) is 0 Å². The molecule has 13 heteroatoms. The number of amides is 4. The second-order valence-electron chi connectivity index (χ2n) is 18.9. The number of rotatable bonds is 13. The zero-order valence-electron chi connectivity index (χ0n) is 38.0. The van der Waals surface area contributed by atoms with Gasteiger partial charge >= 0.3 is 12.1 Å². The van der Waals surface area contributed by atoms with Gasteiger partial charge in [-0.15, -0.1) is 0 Å². The number of likely N-dealkylation sites (tertiary alicyclic amines) is 2. The molecule has 0 spiro atoms. The third-order valence-electron chi connectivity index (χ3n) is 11.6. The number of ether oxygens (including phenoxy) is 2. The van der Waals surface area contributed by atoms with E-state index in [-0.39, 0.29) is 36.3 Å². The van der Waals surface area contributed by atoms with E-state index in [1.165, 1.54) is 0 Å². The Kier molecular flexibility index (Phi) is 13.9. The van der Waals surface area contributed by atoms with Crippen molar-refractivity contribution >= 4 is 52.2 Å².